The first kappa shape index (κ1) is 20.5. The van der Waals surface area contributed by atoms with Gasteiger partial charge in [0.1, 0.15) is 11.6 Å². The fraction of sp³-hybridized carbons (Fsp3) is 0.556. The van der Waals surface area contributed by atoms with Gasteiger partial charge in [-0.05, 0) is 43.7 Å². The summed E-state index contributed by atoms with van der Waals surface area (Å²) in [7, 11) is 0. The summed E-state index contributed by atoms with van der Waals surface area (Å²) in [6, 6.07) is 5.88. The molecule has 1 atom stereocenters. The second-order valence-corrected chi connectivity index (χ2v) is 6.50. The Labute approximate surface area is 159 Å². The molecule has 0 radical (unpaired) electrons. The van der Waals surface area contributed by atoms with Gasteiger partial charge in [0.25, 0.3) is 5.91 Å². The van der Waals surface area contributed by atoms with E-state index < -0.39 is 0 Å². The molecule has 2 amide bonds. The first-order chi connectivity index (χ1) is 12.1. The molecular formula is C18H25ClFN3O3. The van der Waals surface area contributed by atoms with Crippen molar-refractivity contribution in [1.82, 2.24) is 15.1 Å². The summed E-state index contributed by atoms with van der Waals surface area (Å²) in [6.45, 7) is 3.09. The quantitative estimate of drug-likeness (QED) is 0.833. The van der Waals surface area contributed by atoms with Crippen LogP contribution >= 0.6 is 12.4 Å². The Bertz CT molecular complexity index is 600. The lowest BCUT2D eigenvalue weighted by atomic mass is 10.1. The normalized spacial score (nSPS) is 19.8. The molecule has 1 unspecified atom stereocenters. The number of benzene rings is 1. The van der Waals surface area contributed by atoms with E-state index in [1.165, 1.54) is 24.3 Å². The summed E-state index contributed by atoms with van der Waals surface area (Å²) in [5, 5.41) is 3.34. The average molecular weight is 386 g/mol. The first-order valence-electron chi connectivity index (χ1n) is 8.79. The second kappa shape index (κ2) is 9.73. The summed E-state index contributed by atoms with van der Waals surface area (Å²) >= 11 is 0. The number of piperazine rings is 1. The molecular weight excluding hydrogens is 361 g/mol. The van der Waals surface area contributed by atoms with Gasteiger partial charge in [-0.15, -0.1) is 12.4 Å². The monoisotopic (exact) mass is 385 g/mol. The van der Waals surface area contributed by atoms with Crippen molar-refractivity contribution in [3.05, 3.63) is 30.1 Å². The number of hydrogen-bond donors (Lipinski definition) is 1. The van der Waals surface area contributed by atoms with Gasteiger partial charge >= 0.3 is 0 Å². The van der Waals surface area contributed by atoms with E-state index in [1.807, 2.05) is 4.90 Å². The van der Waals surface area contributed by atoms with Crippen LogP contribution < -0.4 is 10.1 Å². The number of carbonyl (C=O) groups excluding carboxylic acids is 2. The highest BCUT2D eigenvalue weighted by Gasteiger charge is 2.26. The Morgan fingerprint density at radius 2 is 1.69 bits per heavy atom. The van der Waals surface area contributed by atoms with Gasteiger partial charge in [-0.2, -0.15) is 0 Å². The minimum atomic E-state index is -0.340. The molecule has 6 nitrogen and oxygen atoms in total. The molecule has 1 aromatic rings. The third-order valence-corrected chi connectivity index (χ3v) is 4.74. The molecule has 144 valence electrons. The van der Waals surface area contributed by atoms with Gasteiger partial charge < -0.3 is 19.9 Å². The molecule has 0 aromatic heterocycles. The van der Waals surface area contributed by atoms with Crippen molar-refractivity contribution in [2.75, 3.05) is 39.3 Å². The number of rotatable bonds is 5. The van der Waals surface area contributed by atoms with Gasteiger partial charge in [-0.1, -0.05) is 0 Å². The molecule has 0 spiro atoms. The lowest BCUT2D eigenvalue weighted by Gasteiger charge is -2.35. The van der Waals surface area contributed by atoms with E-state index in [-0.39, 0.29) is 36.6 Å². The highest BCUT2D eigenvalue weighted by molar-refractivity contribution is 5.85. The van der Waals surface area contributed by atoms with Crippen LogP contribution in [0.2, 0.25) is 0 Å². The first-order valence-corrected chi connectivity index (χ1v) is 8.79. The maximum absolute atomic E-state index is 12.8. The van der Waals surface area contributed by atoms with Gasteiger partial charge in [-0.3, -0.25) is 9.59 Å². The molecule has 2 saturated heterocycles. The minimum Gasteiger partial charge on any atom is -0.484 e. The molecule has 0 bridgehead atoms. The Balaban J connectivity index is 0.00000243. The number of amides is 2. The summed E-state index contributed by atoms with van der Waals surface area (Å²) in [4.78, 5) is 28.1. The molecule has 1 aromatic carbocycles. The third kappa shape index (κ3) is 5.57. The Kier molecular flexibility index (Phi) is 7.66. The Morgan fingerprint density at radius 1 is 1.08 bits per heavy atom. The Morgan fingerprint density at radius 3 is 2.27 bits per heavy atom. The molecule has 2 aliphatic heterocycles. The van der Waals surface area contributed by atoms with Crippen molar-refractivity contribution in [1.29, 1.82) is 0 Å². The zero-order valence-electron chi connectivity index (χ0n) is 14.7. The van der Waals surface area contributed by atoms with Gasteiger partial charge in [0.2, 0.25) is 5.91 Å². The number of ether oxygens (including phenoxy) is 1. The van der Waals surface area contributed by atoms with Crippen molar-refractivity contribution in [2.45, 2.75) is 25.3 Å². The van der Waals surface area contributed by atoms with E-state index >= 15 is 0 Å². The lowest BCUT2D eigenvalue weighted by molar-refractivity contribution is -0.141. The van der Waals surface area contributed by atoms with Crippen molar-refractivity contribution < 1.29 is 18.7 Å². The van der Waals surface area contributed by atoms with E-state index in [2.05, 4.69) is 5.32 Å². The van der Waals surface area contributed by atoms with Gasteiger partial charge in [0, 0.05) is 38.6 Å². The van der Waals surface area contributed by atoms with Gasteiger partial charge in [0.15, 0.2) is 6.61 Å². The fourth-order valence-corrected chi connectivity index (χ4v) is 3.24. The van der Waals surface area contributed by atoms with Crippen LogP contribution in [0.25, 0.3) is 0 Å². The van der Waals surface area contributed by atoms with Crippen molar-refractivity contribution in [3.63, 3.8) is 0 Å². The summed E-state index contributed by atoms with van der Waals surface area (Å²) in [6.07, 6.45) is 2.74. The predicted octanol–water partition coefficient (Wildman–Crippen LogP) is 1.44. The molecule has 2 fully saturated rings. The maximum atomic E-state index is 12.8. The zero-order valence-corrected chi connectivity index (χ0v) is 15.5. The van der Waals surface area contributed by atoms with Crippen molar-refractivity contribution >= 4 is 24.2 Å². The molecule has 0 aliphatic carbocycles. The van der Waals surface area contributed by atoms with Crippen LogP contribution in [0.5, 0.6) is 5.75 Å². The van der Waals surface area contributed by atoms with Crippen LogP contribution in [-0.2, 0) is 9.59 Å². The molecule has 3 rings (SSSR count). The van der Waals surface area contributed by atoms with Crippen molar-refractivity contribution in [2.24, 2.45) is 0 Å². The molecule has 1 N–H and O–H groups in total. The molecule has 26 heavy (non-hydrogen) atoms. The number of halogens is 2. The lowest BCUT2D eigenvalue weighted by Crippen LogP contribution is -2.52. The Hall–Kier alpha value is -1.86. The van der Waals surface area contributed by atoms with Crippen LogP contribution in [-0.4, -0.2) is 67.0 Å². The standard InChI is InChI=1S/C18H24FN3O3.ClH/c19-14-3-5-16(6-4-14)25-13-18(24)22-10-8-21(9-11-22)17(23)12-15-2-1-7-20-15;/h3-6,15,20H,1-2,7-13H2;1H. The third-order valence-electron chi connectivity index (χ3n) is 4.74. The molecule has 2 aliphatic rings. The zero-order chi connectivity index (χ0) is 17.6. The van der Waals surface area contributed by atoms with Crippen LogP contribution in [0, 0.1) is 5.82 Å². The van der Waals surface area contributed by atoms with E-state index in [0.29, 0.717) is 44.4 Å². The second-order valence-electron chi connectivity index (χ2n) is 6.50. The molecule has 2 heterocycles. The minimum absolute atomic E-state index is 0. The van der Waals surface area contributed by atoms with E-state index in [0.717, 1.165) is 19.4 Å². The van der Waals surface area contributed by atoms with Crippen LogP contribution in [0.15, 0.2) is 24.3 Å². The van der Waals surface area contributed by atoms with Crippen LogP contribution in [0.1, 0.15) is 19.3 Å². The van der Waals surface area contributed by atoms with E-state index in [1.54, 1.807) is 4.90 Å². The van der Waals surface area contributed by atoms with Crippen molar-refractivity contribution in [3.8, 4) is 5.75 Å². The number of hydrogen-bond acceptors (Lipinski definition) is 4. The smallest absolute Gasteiger partial charge is 0.260 e. The number of nitrogens with zero attached hydrogens (tertiary/aromatic N) is 2. The summed E-state index contributed by atoms with van der Waals surface area (Å²) in [5.74, 6) is 0.169. The van der Waals surface area contributed by atoms with E-state index in [4.69, 9.17) is 4.74 Å². The SMILES string of the molecule is Cl.O=C(COc1ccc(F)cc1)N1CCN(C(=O)CC2CCCN2)CC1. The van der Waals surface area contributed by atoms with Gasteiger partial charge in [-0.25, -0.2) is 4.39 Å². The largest absolute Gasteiger partial charge is 0.484 e. The highest BCUT2D eigenvalue weighted by atomic mass is 35.5. The average Bonchev–Trinajstić information content (AvgIpc) is 3.14. The fourth-order valence-electron chi connectivity index (χ4n) is 3.24. The number of carbonyl (C=O) groups is 2. The van der Waals surface area contributed by atoms with Crippen LogP contribution in [0.3, 0.4) is 0 Å². The predicted molar refractivity (Wildman–Crippen MR) is 97.9 cm³/mol. The van der Waals surface area contributed by atoms with Crippen LogP contribution in [0.4, 0.5) is 4.39 Å². The van der Waals surface area contributed by atoms with Gasteiger partial charge in [0.05, 0.1) is 0 Å². The maximum Gasteiger partial charge on any atom is 0.260 e. The highest BCUT2D eigenvalue weighted by Crippen LogP contribution is 2.13. The summed E-state index contributed by atoms with van der Waals surface area (Å²) in [5.41, 5.74) is 0. The molecule has 0 saturated carbocycles. The van der Waals surface area contributed by atoms with E-state index in [9.17, 15) is 14.0 Å². The summed E-state index contributed by atoms with van der Waals surface area (Å²) < 4.78 is 18.2. The molecule has 8 heteroatoms. The topological polar surface area (TPSA) is 61.9 Å². The number of nitrogens with one attached hydrogen (secondary N) is 1.